The second-order valence-corrected chi connectivity index (χ2v) is 5.24. The molecule has 0 bridgehead atoms. The minimum atomic E-state index is -4.50. The topological polar surface area (TPSA) is 55.1 Å². The van der Waals surface area contributed by atoms with E-state index in [2.05, 4.69) is 15.9 Å². The van der Waals surface area contributed by atoms with E-state index in [1.54, 1.807) is 0 Å². The molecule has 1 fully saturated rings. The molecule has 19 heavy (non-hydrogen) atoms. The Morgan fingerprint density at radius 1 is 1.37 bits per heavy atom. The van der Waals surface area contributed by atoms with Gasteiger partial charge in [-0.25, -0.2) is 4.39 Å². The number of amides is 1. The molecule has 0 atom stereocenters. The van der Waals surface area contributed by atoms with Gasteiger partial charge in [0.15, 0.2) is 0 Å². The highest BCUT2D eigenvalue weighted by atomic mass is 79.9. The summed E-state index contributed by atoms with van der Waals surface area (Å²) in [5.41, 5.74) is 2.70. The van der Waals surface area contributed by atoms with Gasteiger partial charge in [0.2, 0.25) is 0 Å². The quantitative estimate of drug-likeness (QED) is 0.642. The van der Waals surface area contributed by atoms with E-state index in [0.717, 1.165) is 12.1 Å². The van der Waals surface area contributed by atoms with Gasteiger partial charge >= 0.3 is 6.18 Å². The van der Waals surface area contributed by atoms with Crippen molar-refractivity contribution in [2.75, 3.05) is 5.73 Å². The monoisotopic (exact) mass is 340 g/mol. The Morgan fingerprint density at radius 2 is 1.95 bits per heavy atom. The van der Waals surface area contributed by atoms with Crippen LogP contribution in [0.1, 0.15) is 23.2 Å². The molecule has 3 nitrogen and oxygen atoms in total. The van der Waals surface area contributed by atoms with E-state index in [9.17, 15) is 22.4 Å². The van der Waals surface area contributed by atoms with E-state index in [0.29, 0.717) is 0 Å². The third-order valence-corrected chi connectivity index (χ3v) is 3.63. The molecule has 1 saturated carbocycles. The Bertz CT molecular complexity index is 540. The number of rotatable bonds is 2. The fourth-order valence-corrected chi connectivity index (χ4v) is 2.12. The number of benzene rings is 1. The van der Waals surface area contributed by atoms with Crippen LogP contribution in [0, 0.1) is 5.82 Å². The van der Waals surface area contributed by atoms with E-state index in [4.69, 9.17) is 5.73 Å². The molecule has 104 valence electrons. The smallest absolute Gasteiger partial charge is 0.396 e. The van der Waals surface area contributed by atoms with Crippen LogP contribution in [0.5, 0.6) is 0 Å². The zero-order chi connectivity index (χ0) is 14.4. The molecule has 0 unspecified atom stereocenters. The minimum Gasteiger partial charge on any atom is -0.396 e. The summed E-state index contributed by atoms with van der Waals surface area (Å²) in [7, 11) is 0. The Labute approximate surface area is 114 Å². The molecule has 1 aromatic carbocycles. The Morgan fingerprint density at radius 3 is 2.42 bits per heavy atom. The van der Waals surface area contributed by atoms with Gasteiger partial charge in [-0.1, -0.05) is 0 Å². The molecule has 1 aliphatic carbocycles. The van der Waals surface area contributed by atoms with Gasteiger partial charge in [0.25, 0.3) is 5.91 Å². The largest absolute Gasteiger partial charge is 0.411 e. The Hall–Kier alpha value is -1.31. The summed E-state index contributed by atoms with van der Waals surface area (Å²) < 4.78 is 51.3. The molecule has 1 aliphatic rings. The fourth-order valence-electron chi connectivity index (χ4n) is 1.63. The van der Waals surface area contributed by atoms with Gasteiger partial charge in [-0.2, -0.15) is 13.2 Å². The van der Waals surface area contributed by atoms with Crippen molar-refractivity contribution >= 4 is 27.5 Å². The highest BCUT2D eigenvalue weighted by Crippen LogP contribution is 2.49. The summed E-state index contributed by atoms with van der Waals surface area (Å²) in [4.78, 5) is 11.8. The van der Waals surface area contributed by atoms with Gasteiger partial charge < -0.3 is 11.1 Å². The third-order valence-electron chi connectivity index (χ3n) is 2.98. The van der Waals surface area contributed by atoms with Gasteiger partial charge in [0, 0.05) is 4.47 Å². The van der Waals surface area contributed by atoms with Crippen LogP contribution in [-0.2, 0) is 0 Å². The molecule has 2 rings (SSSR count). The van der Waals surface area contributed by atoms with Crippen LogP contribution >= 0.6 is 15.9 Å². The number of halogens is 5. The molecule has 0 aliphatic heterocycles. The molecule has 0 heterocycles. The second-order valence-electron chi connectivity index (χ2n) is 4.39. The van der Waals surface area contributed by atoms with Crippen LogP contribution in [0.15, 0.2) is 16.6 Å². The molecule has 0 radical (unpaired) electrons. The van der Waals surface area contributed by atoms with Gasteiger partial charge in [-0.05, 0) is 40.9 Å². The summed E-state index contributed by atoms with van der Waals surface area (Å²) in [6, 6.07) is 1.94. The number of hydrogen-bond donors (Lipinski definition) is 2. The maximum atomic E-state index is 13.1. The molecule has 1 aromatic rings. The van der Waals surface area contributed by atoms with Crippen molar-refractivity contribution in [2.24, 2.45) is 0 Å². The Kier molecular flexibility index (Phi) is 3.24. The lowest BCUT2D eigenvalue weighted by atomic mass is 10.1. The van der Waals surface area contributed by atoms with Gasteiger partial charge in [-0.15, -0.1) is 0 Å². The third kappa shape index (κ3) is 2.54. The first-order chi connectivity index (χ1) is 8.66. The van der Waals surface area contributed by atoms with Crippen LogP contribution in [0.2, 0.25) is 0 Å². The summed E-state index contributed by atoms with van der Waals surface area (Å²) in [6.45, 7) is 0. The average molecular weight is 341 g/mol. The first-order valence-corrected chi connectivity index (χ1v) is 6.09. The molecule has 0 spiro atoms. The van der Waals surface area contributed by atoms with Crippen molar-refractivity contribution in [3.8, 4) is 0 Å². The molecular formula is C11H9BrF4N2O. The molecule has 0 saturated heterocycles. The first kappa shape index (κ1) is 14.1. The maximum absolute atomic E-state index is 13.1. The highest BCUT2D eigenvalue weighted by molar-refractivity contribution is 9.10. The van der Waals surface area contributed by atoms with Gasteiger partial charge in [0.1, 0.15) is 11.4 Å². The number of nitrogens with one attached hydrogen (secondary N) is 1. The molecule has 3 N–H and O–H groups in total. The van der Waals surface area contributed by atoms with Crippen LogP contribution in [0.25, 0.3) is 0 Å². The van der Waals surface area contributed by atoms with Crippen LogP contribution in [0.4, 0.5) is 23.2 Å². The van der Waals surface area contributed by atoms with Crippen molar-refractivity contribution in [3.63, 3.8) is 0 Å². The second kappa shape index (κ2) is 4.36. The number of hydrogen-bond acceptors (Lipinski definition) is 2. The fraction of sp³-hybridized carbons (Fsp3) is 0.364. The summed E-state index contributed by atoms with van der Waals surface area (Å²) in [6.07, 6.45) is -4.81. The standard InChI is InChI=1S/C11H9BrF4N2O/c12-6-4-7(13)8(17)3-5(6)9(19)18-10(1-2-10)11(14,15)16/h3-4H,1-2,17H2,(H,18,19). The van der Waals surface area contributed by atoms with Crippen molar-refractivity contribution < 1.29 is 22.4 Å². The lowest BCUT2D eigenvalue weighted by molar-refractivity contribution is -0.163. The SMILES string of the molecule is Nc1cc(C(=O)NC2(C(F)(F)F)CC2)c(Br)cc1F. The highest BCUT2D eigenvalue weighted by Gasteiger charge is 2.64. The average Bonchev–Trinajstić information content (AvgIpc) is 3.03. The normalized spacial score (nSPS) is 17.1. The van der Waals surface area contributed by atoms with Gasteiger partial charge in [0.05, 0.1) is 11.3 Å². The van der Waals surface area contributed by atoms with E-state index in [1.165, 1.54) is 0 Å². The number of nitrogen functional groups attached to an aromatic ring is 1. The number of carbonyl (C=O) groups is 1. The number of anilines is 1. The van der Waals surface area contributed by atoms with E-state index >= 15 is 0 Å². The van der Waals surface area contributed by atoms with Crippen molar-refractivity contribution in [1.29, 1.82) is 0 Å². The summed E-state index contributed by atoms with van der Waals surface area (Å²) in [5.74, 6) is -1.69. The molecule has 1 amide bonds. The molecule has 0 aromatic heterocycles. The minimum absolute atomic E-state index is 0.0506. The predicted molar refractivity (Wildman–Crippen MR) is 64.0 cm³/mol. The molecular weight excluding hydrogens is 332 g/mol. The molecule has 8 heteroatoms. The van der Waals surface area contributed by atoms with Crippen LogP contribution < -0.4 is 11.1 Å². The lowest BCUT2D eigenvalue weighted by Gasteiger charge is -2.21. The first-order valence-electron chi connectivity index (χ1n) is 5.30. The van der Waals surface area contributed by atoms with E-state index < -0.39 is 23.4 Å². The zero-order valence-corrected chi connectivity index (χ0v) is 11.0. The van der Waals surface area contributed by atoms with E-state index in [1.807, 2.05) is 5.32 Å². The van der Waals surface area contributed by atoms with Gasteiger partial charge in [-0.3, -0.25) is 4.79 Å². The summed E-state index contributed by atoms with van der Waals surface area (Å²) >= 11 is 2.92. The maximum Gasteiger partial charge on any atom is 0.411 e. The summed E-state index contributed by atoms with van der Waals surface area (Å²) in [5, 5.41) is 1.94. The van der Waals surface area contributed by atoms with Crippen LogP contribution in [-0.4, -0.2) is 17.6 Å². The van der Waals surface area contributed by atoms with Crippen molar-refractivity contribution in [3.05, 3.63) is 28.0 Å². The lowest BCUT2D eigenvalue weighted by Crippen LogP contribution is -2.47. The van der Waals surface area contributed by atoms with E-state index in [-0.39, 0.29) is 28.6 Å². The Balaban J connectivity index is 2.25. The number of carbonyl (C=O) groups excluding carboxylic acids is 1. The van der Waals surface area contributed by atoms with Crippen molar-refractivity contribution in [2.45, 2.75) is 24.6 Å². The zero-order valence-electron chi connectivity index (χ0n) is 9.44. The predicted octanol–water partition coefficient (Wildman–Crippen LogP) is 3.00. The van der Waals surface area contributed by atoms with Crippen molar-refractivity contribution in [1.82, 2.24) is 5.32 Å². The number of nitrogens with two attached hydrogens (primary N) is 1. The number of alkyl halides is 3. The van der Waals surface area contributed by atoms with Crippen LogP contribution in [0.3, 0.4) is 0 Å².